The fourth-order valence-corrected chi connectivity index (χ4v) is 3.30. The van der Waals surface area contributed by atoms with Gasteiger partial charge in [0.05, 0.1) is 16.8 Å². The highest BCUT2D eigenvalue weighted by molar-refractivity contribution is 6.28. The number of anilines is 1. The second-order valence-electron chi connectivity index (χ2n) is 6.03. The summed E-state index contributed by atoms with van der Waals surface area (Å²) in [4.78, 5) is 25.8. The minimum atomic E-state index is -0.385. The number of rotatable bonds is 4. The van der Waals surface area contributed by atoms with Crippen molar-refractivity contribution in [1.82, 2.24) is 10.2 Å². The second kappa shape index (κ2) is 6.42. The zero-order valence-corrected chi connectivity index (χ0v) is 14.3. The Balaban J connectivity index is 1.87. The van der Waals surface area contributed by atoms with Crippen molar-refractivity contribution in [3.05, 3.63) is 84.1 Å². The van der Waals surface area contributed by atoms with Gasteiger partial charge in [0, 0.05) is 22.1 Å². The number of amides is 1. The molecule has 0 aliphatic heterocycles. The van der Waals surface area contributed by atoms with Gasteiger partial charge in [-0.05, 0) is 30.5 Å². The Bertz CT molecular complexity index is 1170. The second-order valence-corrected chi connectivity index (χ2v) is 6.03. The van der Waals surface area contributed by atoms with E-state index in [9.17, 15) is 9.59 Å². The molecule has 0 fully saturated rings. The normalized spacial score (nSPS) is 13.0. The fraction of sp³-hybridized carbons (Fsp3) is 0. The van der Waals surface area contributed by atoms with Gasteiger partial charge < -0.3 is 11.1 Å². The number of H-pyrrole nitrogens is 1. The van der Waals surface area contributed by atoms with Crippen LogP contribution in [0.25, 0.3) is 22.2 Å². The SMILES string of the molecule is C=C/C=C(\C=C/N)C(=O)Nc1ccc2[nH]nc3c2c1C(=O)c1ccccc1-3. The molecule has 0 unspecified atom stereocenters. The van der Waals surface area contributed by atoms with Gasteiger partial charge in [0.2, 0.25) is 0 Å². The minimum absolute atomic E-state index is 0.149. The van der Waals surface area contributed by atoms with Crippen LogP contribution in [0.1, 0.15) is 15.9 Å². The van der Waals surface area contributed by atoms with E-state index in [1.54, 1.807) is 24.3 Å². The molecule has 0 saturated heterocycles. The number of hydrogen-bond acceptors (Lipinski definition) is 4. The lowest BCUT2D eigenvalue weighted by Gasteiger charge is -2.18. The van der Waals surface area contributed by atoms with E-state index in [4.69, 9.17) is 5.73 Å². The zero-order chi connectivity index (χ0) is 19.0. The van der Waals surface area contributed by atoms with E-state index in [2.05, 4.69) is 22.1 Å². The Morgan fingerprint density at radius 1 is 1.19 bits per heavy atom. The van der Waals surface area contributed by atoms with E-state index in [1.807, 2.05) is 18.2 Å². The number of ketones is 1. The van der Waals surface area contributed by atoms with Crippen LogP contribution in [0.5, 0.6) is 0 Å². The Hall–Kier alpha value is -3.93. The molecule has 0 saturated carbocycles. The largest absolute Gasteiger partial charge is 0.405 e. The van der Waals surface area contributed by atoms with Gasteiger partial charge in [0.1, 0.15) is 5.69 Å². The van der Waals surface area contributed by atoms with Gasteiger partial charge in [-0.1, -0.05) is 36.9 Å². The summed E-state index contributed by atoms with van der Waals surface area (Å²) in [5.74, 6) is -0.534. The molecule has 27 heavy (non-hydrogen) atoms. The Morgan fingerprint density at radius 2 is 1.96 bits per heavy atom. The number of benzene rings is 2. The lowest BCUT2D eigenvalue weighted by molar-refractivity contribution is -0.112. The van der Waals surface area contributed by atoms with E-state index in [0.29, 0.717) is 33.5 Å². The van der Waals surface area contributed by atoms with Crippen LogP contribution >= 0.6 is 0 Å². The molecule has 6 heteroatoms. The van der Waals surface area contributed by atoms with Crippen LogP contribution in [-0.2, 0) is 4.79 Å². The van der Waals surface area contributed by atoms with Crippen molar-refractivity contribution >= 4 is 28.3 Å². The first kappa shape index (κ1) is 16.5. The molecular formula is C21H16N4O2. The molecule has 4 N–H and O–H groups in total. The lowest BCUT2D eigenvalue weighted by Crippen LogP contribution is -2.18. The number of nitrogens with zero attached hydrogens (tertiary/aromatic N) is 1. The van der Waals surface area contributed by atoms with Gasteiger partial charge >= 0.3 is 0 Å². The molecule has 1 heterocycles. The average molecular weight is 356 g/mol. The number of nitrogens with one attached hydrogen (secondary N) is 2. The first-order valence-corrected chi connectivity index (χ1v) is 8.33. The number of carbonyl (C=O) groups excluding carboxylic acids is 2. The van der Waals surface area contributed by atoms with E-state index in [-0.39, 0.29) is 11.7 Å². The van der Waals surface area contributed by atoms with E-state index in [0.717, 1.165) is 11.1 Å². The predicted molar refractivity (Wildman–Crippen MR) is 105 cm³/mol. The molecular weight excluding hydrogens is 340 g/mol. The molecule has 1 aromatic heterocycles. The Morgan fingerprint density at radius 3 is 2.70 bits per heavy atom. The summed E-state index contributed by atoms with van der Waals surface area (Å²) in [5, 5.41) is 10.9. The van der Waals surface area contributed by atoms with Crippen LogP contribution in [0.3, 0.4) is 0 Å². The van der Waals surface area contributed by atoms with Crippen molar-refractivity contribution in [3.8, 4) is 11.3 Å². The number of aromatic nitrogens is 2. The summed E-state index contributed by atoms with van der Waals surface area (Å²) in [7, 11) is 0. The molecule has 2 aromatic carbocycles. The highest BCUT2D eigenvalue weighted by Crippen LogP contribution is 2.40. The molecule has 0 radical (unpaired) electrons. The molecule has 1 aliphatic carbocycles. The molecule has 1 aliphatic rings. The van der Waals surface area contributed by atoms with Crippen LogP contribution in [0.2, 0.25) is 0 Å². The third kappa shape index (κ3) is 2.55. The van der Waals surface area contributed by atoms with Crippen molar-refractivity contribution in [2.24, 2.45) is 5.73 Å². The van der Waals surface area contributed by atoms with Gasteiger partial charge in [0.15, 0.2) is 5.78 Å². The van der Waals surface area contributed by atoms with Gasteiger partial charge in [0.25, 0.3) is 5.91 Å². The van der Waals surface area contributed by atoms with Crippen molar-refractivity contribution in [1.29, 1.82) is 0 Å². The minimum Gasteiger partial charge on any atom is -0.405 e. The summed E-state index contributed by atoms with van der Waals surface area (Å²) < 4.78 is 0. The van der Waals surface area contributed by atoms with Crippen LogP contribution in [0.4, 0.5) is 5.69 Å². The molecule has 0 bridgehead atoms. The van der Waals surface area contributed by atoms with E-state index < -0.39 is 0 Å². The maximum atomic E-state index is 13.2. The lowest BCUT2D eigenvalue weighted by atomic mass is 9.86. The molecule has 1 amide bonds. The average Bonchev–Trinajstić information content (AvgIpc) is 3.11. The van der Waals surface area contributed by atoms with Crippen molar-refractivity contribution in [3.63, 3.8) is 0 Å². The smallest absolute Gasteiger partial charge is 0.255 e. The zero-order valence-electron chi connectivity index (χ0n) is 14.3. The number of fused-ring (bicyclic) bond motifs is 2. The number of allylic oxidation sites excluding steroid dienone is 2. The van der Waals surface area contributed by atoms with Crippen LogP contribution < -0.4 is 11.1 Å². The van der Waals surface area contributed by atoms with Gasteiger partial charge in [-0.15, -0.1) is 0 Å². The Labute approximate surface area is 155 Å². The quantitative estimate of drug-likeness (QED) is 0.386. The first-order chi connectivity index (χ1) is 13.2. The van der Waals surface area contributed by atoms with Crippen molar-refractivity contribution < 1.29 is 9.59 Å². The molecule has 3 aromatic rings. The third-order valence-corrected chi connectivity index (χ3v) is 4.47. The standard InChI is InChI=1S/C21H16N4O2/c1-2-5-12(10-11-22)21(27)23-15-8-9-16-17-18(15)20(26)14-7-4-3-6-13(14)19(17)25-24-16/h2-11H,1,22H2,(H,23,27)(H,24,25)/b11-10-,12-5+. The topological polar surface area (TPSA) is 101 Å². The summed E-state index contributed by atoms with van der Waals surface area (Å²) in [6, 6.07) is 10.8. The predicted octanol–water partition coefficient (Wildman–Crippen LogP) is 3.30. The summed E-state index contributed by atoms with van der Waals surface area (Å²) in [5.41, 5.74) is 9.38. The molecule has 0 spiro atoms. The summed E-state index contributed by atoms with van der Waals surface area (Å²) in [6.07, 6.45) is 5.79. The van der Waals surface area contributed by atoms with Crippen molar-refractivity contribution in [2.45, 2.75) is 0 Å². The van der Waals surface area contributed by atoms with Crippen LogP contribution in [0.15, 0.2) is 73.0 Å². The molecule has 6 nitrogen and oxygen atoms in total. The fourth-order valence-electron chi connectivity index (χ4n) is 3.30. The molecule has 132 valence electrons. The van der Waals surface area contributed by atoms with Gasteiger partial charge in [-0.2, -0.15) is 5.10 Å². The maximum Gasteiger partial charge on any atom is 0.255 e. The number of carbonyl (C=O) groups is 2. The van der Waals surface area contributed by atoms with E-state index >= 15 is 0 Å². The third-order valence-electron chi connectivity index (χ3n) is 4.47. The van der Waals surface area contributed by atoms with E-state index in [1.165, 1.54) is 18.4 Å². The summed E-state index contributed by atoms with van der Waals surface area (Å²) >= 11 is 0. The first-order valence-electron chi connectivity index (χ1n) is 8.33. The monoisotopic (exact) mass is 356 g/mol. The number of nitrogens with two attached hydrogens (primary N) is 1. The molecule has 4 rings (SSSR count). The van der Waals surface area contributed by atoms with Crippen molar-refractivity contribution in [2.75, 3.05) is 5.32 Å². The highest BCUT2D eigenvalue weighted by Gasteiger charge is 2.30. The summed E-state index contributed by atoms with van der Waals surface area (Å²) in [6.45, 7) is 3.60. The van der Waals surface area contributed by atoms with Crippen LogP contribution in [0, 0.1) is 0 Å². The van der Waals surface area contributed by atoms with Gasteiger partial charge in [-0.3, -0.25) is 14.7 Å². The van der Waals surface area contributed by atoms with Crippen LogP contribution in [-0.4, -0.2) is 21.9 Å². The highest BCUT2D eigenvalue weighted by atomic mass is 16.2. The number of aromatic amines is 1. The molecule has 0 atom stereocenters. The maximum absolute atomic E-state index is 13.2. The number of hydrogen-bond donors (Lipinski definition) is 3. The van der Waals surface area contributed by atoms with Gasteiger partial charge in [-0.25, -0.2) is 0 Å². The Kier molecular flexibility index (Phi) is 3.93.